The highest BCUT2D eigenvalue weighted by atomic mass is 16.5. The van der Waals surface area contributed by atoms with Gasteiger partial charge in [0.2, 0.25) is 5.91 Å². The van der Waals surface area contributed by atoms with Crippen molar-refractivity contribution in [2.45, 2.75) is 32.2 Å². The van der Waals surface area contributed by atoms with Crippen LogP contribution in [0.25, 0.3) is 0 Å². The minimum atomic E-state index is -0.0225. The monoisotopic (exact) mass is 327 g/mol. The molecule has 2 aromatic carbocycles. The molecule has 1 amide bonds. The second-order valence-electron chi connectivity index (χ2n) is 5.72. The normalized spacial score (nSPS) is 11.8. The van der Waals surface area contributed by atoms with E-state index in [0.717, 1.165) is 29.9 Å². The first kappa shape index (κ1) is 18.0. The Kier molecular flexibility index (Phi) is 7.30. The number of carbonyl (C=O) groups excluding carboxylic acids is 1. The molecule has 2 rings (SSSR count). The van der Waals surface area contributed by atoms with E-state index in [-0.39, 0.29) is 11.9 Å². The van der Waals surface area contributed by atoms with Crippen LogP contribution in [0, 0.1) is 0 Å². The maximum Gasteiger partial charge on any atom is 0.220 e. The van der Waals surface area contributed by atoms with E-state index in [9.17, 15) is 4.79 Å². The van der Waals surface area contributed by atoms with Crippen molar-refractivity contribution in [3.05, 3.63) is 60.2 Å². The Morgan fingerprint density at radius 1 is 1.00 bits per heavy atom. The van der Waals surface area contributed by atoms with Gasteiger partial charge in [-0.05, 0) is 49.6 Å². The predicted octanol–water partition coefficient (Wildman–Crippen LogP) is 4.47. The van der Waals surface area contributed by atoms with E-state index in [4.69, 9.17) is 9.47 Å². The quantitative estimate of drug-likeness (QED) is 0.691. The lowest BCUT2D eigenvalue weighted by atomic mass is 10.1. The first-order valence-electron chi connectivity index (χ1n) is 8.30. The van der Waals surface area contributed by atoms with Crippen LogP contribution < -0.4 is 10.1 Å². The van der Waals surface area contributed by atoms with Crippen molar-refractivity contribution in [3.63, 3.8) is 0 Å². The summed E-state index contributed by atoms with van der Waals surface area (Å²) in [6.45, 7) is 2.69. The molecule has 0 spiro atoms. The van der Waals surface area contributed by atoms with Gasteiger partial charge in [-0.2, -0.15) is 0 Å². The molecule has 0 aliphatic carbocycles. The van der Waals surface area contributed by atoms with Crippen LogP contribution in [0.3, 0.4) is 0 Å². The van der Waals surface area contributed by atoms with Gasteiger partial charge in [-0.3, -0.25) is 4.79 Å². The molecule has 0 aliphatic heterocycles. The van der Waals surface area contributed by atoms with Gasteiger partial charge in [0.25, 0.3) is 0 Å². The molecule has 0 heterocycles. The van der Waals surface area contributed by atoms with E-state index in [1.54, 1.807) is 7.11 Å². The van der Waals surface area contributed by atoms with Crippen LogP contribution >= 0.6 is 0 Å². The molecule has 0 saturated carbocycles. The van der Waals surface area contributed by atoms with Crippen molar-refractivity contribution in [3.8, 4) is 11.5 Å². The van der Waals surface area contributed by atoms with Crippen molar-refractivity contribution in [2.24, 2.45) is 0 Å². The molecule has 4 heteroatoms. The molecule has 1 atom stereocenters. The number of benzene rings is 2. The molecule has 2 aromatic rings. The van der Waals surface area contributed by atoms with Gasteiger partial charge in [0.1, 0.15) is 11.5 Å². The second-order valence-corrected chi connectivity index (χ2v) is 5.72. The van der Waals surface area contributed by atoms with Gasteiger partial charge >= 0.3 is 0 Å². The number of methoxy groups -OCH3 is 1. The van der Waals surface area contributed by atoms with Crippen LogP contribution in [0.2, 0.25) is 0 Å². The third-order valence-corrected chi connectivity index (χ3v) is 3.74. The van der Waals surface area contributed by atoms with E-state index in [2.05, 4.69) is 5.32 Å². The van der Waals surface area contributed by atoms with E-state index < -0.39 is 0 Å². The van der Waals surface area contributed by atoms with E-state index in [1.807, 2.05) is 61.5 Å². The average Bonchev–Trinajstić information content (AvgIpc) is 2.60. The standard InChI is InChI=1S/C20H25NO3/c1-16(21-20(22)10-6-7-15-23-2)17-11-13-19(14-12-17)24-18-8-4-3-5-9-18/h3-5,8-9,11-14,16H,6-7,10,15H2,1-2H3,(H,21,22). The van der Waals surface area contributed by atoms with Crippen LogP contribution in [0.15, 0.2) is 54.6 Å². The van der Waals surface area contributed by atoms with Gasteiger partial charge in [0.05, 0.1) is 6.04 Å². The Morgan fingerprint density at radius 2 is 1.67 bits per heavy atom. The second kappa shape index (κ2) is 9.73. The van der Waals surface area contributed by atoms with Crippen LogP contribution in [0.5, 0.6) is 11.5 Å². The highest BCUT2D eigenvalue weighted by Gasteiger charge is 2.09. The Bertz CT molecular complexity index is 611. The van der Waals surface area contributed by atoms with Crippen LogP contribution in [0.4, 0.5) is 0 Å². The lowest BCUT2D eigenvalue weighted by molar-refractivity contribution is -0.121. The molecule has 128 valence electrons. The van der Waals surface area contributed by atoms with Gasteiger partial charge in [-0.15, -0.1) is 0 Å². The van der Waals surface area contributed by atoms with Crippen molar-refractivity contribution in [1.82, 2.24) is 5.32 Å². The molecule has 0 radical (unpaired) electrons. The van der Waals surface area contributed by atoms with Crippen LogP contribution in [-0.2, 0) is 9.53 Å². The molecule has 1 N–H and O–H groups in total. The van der Waals surface area contributed by atoms with Crippen molar-refractivity contribution >= 4 is 5.91 Å². The van der Waals surface area contributed by atoms with Crippen molar-refractivity contribution in [2.75, 3.05) is 13.7 Å². The fourth-order valence-electron chi connectivity index (χ4n) is 2.38. The minimum Gasteiger partial charge on any atom is -0.457 e. The Morgan fingerprint density at radius 3 is 2.33 bits per heavy atom. The van der Waals surface area contributed by atoms with Crippen molar-refractivity contribution < 1.29 is 14.3 Å². The average molecular weight is 327 g/mol. The molecular weight excluding hydrogens is 302 g/mol. The van der Waals surface area contributed by atoms with Gasteiger partial charge in [0.15, 0.2) is 0 Å². The van der Waals surface area contributed by atoms with E-state index >= 15 is 0 Å². The summed E-state index contributed by atoms with van der Waals surface area (Å²) in [4.78, 5) is 11.9. The number of para-hydroxylation sites is 1. The molecular formula is C20H25NO3. The summed E-state index contributed by atoms with van der Waals surface area (Å²) >= 11 is 0. The maximum absolute atomic E-state index is 11.9. The number of unbranched alkanes of at least 4 members (excludes halogenated alkanes) is 1. The fraction of sp³-hybridized carbons (Fsp3) is 0.350. The predicted molar refractivity (Wildman–Crippen MR) is 95.2 cm³/mol. The molecule has 0 aromatic heterocycles. The lowest BCUT2D eigenvalue weighted by Crippen LogP contribution is -2.26. The fourth-order valence-corrected chi connectivity index (χ4v) is 2.38. The minimum absolute atomic E-state index is 0.0225. The summed E-state index contributed by atoms with van der Waals surface area (Å²) in [5.41, 5.74) is 1.06. The summed E-state index contributed by atoms with van der Waals surface area (Å²) < 4.78 is 10.8. The van der Waals surface area contributed by atoms with Crippen LogP contribution in [0.1, 0.15) is 37.8 Å². The summed E-state index contributed by atoms with van der Waals surface area (Å²) in [5.74, 6) is 1.66. The number of nitrogens with one attached hydrogen (secondary N) is 1. The first-order chi connectivity index (χ1) is 11.7. The summed E-state index contributed by atoms with van der Waals surface area (Å²) in [5, 5.41) is 3.02. The molecule has 24 heavy (non-hydrogen) atoms. The van der Waals surface area contributed by atoms with E-state index in [0.29, 0.717) is 13.0 Å². The molecule has 0 aliphatic rings. The number of carbonyl (C=O) groups is 1. The highest BCUT2D eigenvalue weighted by Crippen LogP contribution is 2.23. The van der Waals surface area contributed by atoms with Crippen LogP contribution in [-0.4, -0.2) is 19.6 Å². The SMILES string of the molecule is COCCCCC(=O)NC(C)c1ccc(Oc2ccccc2)cc1. The zero-order chi connectivity index (χ0) is 17.2. The zero-order valence-corrected chi connectivity index (χ0v) is 14.3. The molecule has 0 fully saturated rings. The Hall–Kier alpha value is -2.33. The third-order valence-electron chi connectivity index (χ3n) is 3.74. The largest absolute Gasteiger partial charge is 0.457 e. The van der Waals surface area contributed by atoms with Crippen molar-refractivity contribution in [1.29, 1.82) is 0 Å². The molecule has 0 bridgehead atoms. The third kappa shape index (κ3) is 6.05. The van der Waals surface area contributed by atoms with Gasteiger partial charge in [0, 0.05) is 20.1 Å². The Balaban J connectivity index is 1.82. The summed E-state index contributed by atoms with van der Waals surface area (Å²) in [6.07, 6.45) is 2.28. The first-order valence-corrected chi connectivity index (χ1v) is 8.30. The number of hydrogen-bond donors (Lipinski definition) is 1. The number of rotatable bonds is 9. The van der Waals surface area contributed by atoms with Gasteiger partial charge in [-0.25, -0.2) is 0 Å². The zero-order valence-electron chi connectivity index (χ0n) is 14.3. The summed E-state index contributed by atoms with van der Waals surface area (Å²) in [6, 6.07) is 17.4. The van der Waals surface area contributed by atoms with Gasteiger partial charge in [-0.1, -0.05) is 30.3 Å². The molecule has 0 saturated heterocycles. The number of amides is 1. The number of hydrogen-bond acceptors (Lipinski definition) is 3. The van der Waals surface area contributed by atoms with Gasteiger partial charge < -0.3 is 14.8 Å². The summed E-state index contributed by atoms with van der Waals surface area (Å²) in [7, 11) is 1.67. The molecule has 1 unspecified atom stereocenters. The van der Waals surface area contributed by atoms with E-state index in [1.165, 1.54) is 0 Å². The molecule has 4 nitrogen and oxygen atoms in total. The topological polar surface area (TPSA) is 47.6 Å². The number of ether oxygens (including phenoxy) is 2. The lowest BCUT2D eigenvalue weighted by Gasteiger charge is -2.15. The Labute approximate surface area is 143 Å². The maximum atomic E-state index is 11.9. The highest BCUT2D eigenvalue weighted by molar-refractivity contribution is 5.76. The smallest absolute Gasteiger partial charge is 0.220 e.